The number of benzene rings is 1. The van der Waals surface area contributed by atoms with Crippen molar-refractivity contribution in [2.45, 2.75) is 19.9 Å². The smallest absolute Gasteiger partial charge is 0.0588 e. The summed E-state index contributed by atoms with van der Waals surface area (Å²) in [7, 11) is 1.99. The van der Waals surface area contributed by atoms with Crippen LogP contribution in [-0.2, 0) is 0 Å². The van der Waals surface area contributed by atoms with Gasteiger partial charge in [0, 0.05) is 9.90 Å². The Morgan fingerprint density at radius 3 is 2.53 bits per heavy atom. The maximum Gasteiger partial charge on any atom is 0.0588 e. The van der Waals surface area contributed by atoms with E-state index >= 15 is 0 Å². The van der Waals surface area contributed by atoms with Crippen molar-refractivity contribution < 1.29 is 0 Å². The summed E-state index contributed by atoms with van der Waals surface area (Å²) in [4.78, 5) is 1.35. The van der Waals surface area contributed by atoms with Gasteiger partial charge in [-0.2, -0.15) is 0 Å². The van der Waals surface area contributed by atoms with Crippen LogP contribution in [0.5, 0.6) is 0 Å². The number of aryl methyl sites for hydroxylation is 1. The van der Waals surface area contributed by atoms with Crippen LogP contribution in [0.4, 0.5) is 0 Å². The van der Waals surface area contributed by atoms with Crippen molar-refractivity contribution in [1.29, 1.82) is 0 Å². The first-order valence-electron chi connectivity index (χ1n) is 5.61. The van der Waals surface area contributed by atoms with Gasteiger partial charge in [-0.1, -0.05) is 23.7 Å². The van der Waals surface area contributed by atoms with Crippen molar-refractivity contribution in [3.8, 4) is 0 Å². The SMILES string of the molecule is CNC(c1ccsc1C)c1cccc(Cl)c1C. The van der Waals surface area contributed by atoms with Crippen LogP contribution in [-0.4, -0.2) is 7.05 Å². The summed E-state index contributed by atoms with van der Waals surface area (Å²) in [5, 5.41) is 6.34. The number of halogens is 1. The van der Waals surface area contributed by atoms with Crippen LogP contribution in [0, 0.1) is 13.8 Å². The highest BCUT2D eigenvalue weighted by atomic mass is 35.5. The monoisotopic (exact) mass is 265 g/mol. The maximum atomic E-state index is 6.19. The van der Waals surface area contributed by atoms with Gasteiger partial charge in [-0.05, 0) is 55.1 Å². The molecule has 0 aliphatic heterocycles. The Kier molecular flexibility index (Phi) is 3.87. The summed E-state index contributed by atoms with van der Waals surface area (Å²) in [5.41, 5.74) is 3.74. The number of thiophene rings is 1. The molecule has 3 heteroatoms. The average Bonchev–Trinajstić information content (AvgIpc) is 2.72. The van der Waals surface area contributed by atoms with E-state index < -0.39 is 0 Å². The zero-order valence-corrected chi connectivity index (χ0v) is 11.8. The first kappa shape index (κ1) is 12.6. The molecule has 0 aliphatic carbocycles. The van der Waals surface area contributed by atoms with Crippen LogP contribution in [0.15, 0.2) is 29.6 Å². The maximum absolute atomic E-state index is 6.19. The highest BCUT2D eigenvalue weighted by Crippen LogP contribution is 2.31. The Morgan fingerprint density at radius 2 is 1.94 bits per heavy atom. The zero-order valence-electron chi connectivity index (χ0n) is 10.3. The average molecular weight is 266 g/mol. The van der Waals surface area contributed by atoms with Gasteiger partial charge in [0.05, 0.1) is 6.04 Å². The molecule has 1 heterocycles. The molecule has 0 aliphatic rings. The first-order chi connectivity index (χ1) is 8.15. The molecule has 1 N–H and O–H groups in total. The molecular weight excluding hydrogens is 250 g/mol. The second-order valence-corrected chi connectivity index (χ2v) is 5.64. The minimum atomic E-state index is 0.222. The van der Waals surface area contributed by atoms with Gasteiger partial charge < -0.3 is 5.32 Å². The fourth-order valence-electron chi connectivity index (χ4n) is 2.11. The minimum absolute atomic E-state index is 0.222. The van der Waals surface area contributed by atoms with Gasteiger partial charge in [0.1, 0.15) is 0 Å². The molecule has 0 saturated heterocycles. The number of hydrogen-bond donors (Lipinski definition) is 1. The predicted octanol–water partition coefficient (Wildman–Crippen LogP) is 4.33. The molecule has 2 aromatic rings. The summed E-state index contributed by atoms with van der Waals surface area (Å²) in [6.07, 6.45) is 0. The van der Waals surface area contributed by atoms with E-state index in [1.165, 1.54) is 16.0 Å². The van der Waals surface area contributed by atoms with E-state index in [-0.39, 0.29) is 6.04 Å². The van der Waals surface area contributed by atoms with Gasteiger partial charge in [0.2, 0.25) is 0 Å². The lowest BCUT2D eigenvalue weighted by Crippen LogP contribution is -2.18. The van der Waals surface area contributed by atoms with Crippen molar-refractivity contribution in [1.82, 2.24) is 5.32 Å². The Morgan fingerprint density at radius 1 is 1.18 bits per heavy atom. The van der Waals surface area contributed by atoms with Crippen LogP contribution in [0.2, 0.25) is 5.02 Å². The second-order valence-electron chi connectivity index (χ2n) is 4.11. The molecule has 0 amide bonds. The quantitative estimate of drug-likeness (QED) is 0.871. The minimum Gasteiger partial charge on any atom is -0.309 e. The summed E-state index contributed by atoms with van der Waals surface area (Å²) in [5.74, 6) is 0. The van der Waals surface area contributed by atoms with Gasteiger partial charge in [-0.25, -0.2) is 0 Å². The molecule has 17 heavy (non-hydrogen) atoms. The molecular formula is C14H16ClNS. The molecule has 1 aromatic carbocycles. The highest BCUT2D eigenvalue weighted by Gasteiger charge is 2.17. The van der Waals surface area contributed by atoms with Gasteiger partial charge in [-0.15, -0.1) is 11.3 Å². The molecule has 0 fully saturated rings. The van der Waals surface area contributed by atoms with Crippen LogP contribution in [0.3, 0.4) is 0 Å². The number of hydrogen-bond acceptors (Lipinski definition) is 2. The largest absolute Gasteiger partial charge is 0.309 e. The molecule has 90 valence electrons. The van der Waals surface area contributed by atoms with Crippen LogP contribution in [0.1, 0.15) is 27.6 Å². The predicted molar refractivity (Wildman–Crippen MR) is 76.1 cm³/mol. The van der Waals surface area contributed by atoms with E-state index in [1.54, 1.807) is 11.3 Å². The first-order valence-corrected chi connectivity index (χ1v) is 6.87. The van der Waals surface area contributed by atoms with Crippen molar-refractivity contribution in [3.05, 3.63) is 56.2 Å². The van der Waals surface area contributed by atoms with Crippen molar-refractivity contribution >= 4 is 22.9 Å². The third kappa shape index (κ3) is 2.39. The van der Waals surface area contributed by atoms with E-state index in [0.717, 1.165) is 10.6 Å². The molecule has 0 bridgehead atoms. The van der Waals surface area contributed by atoms with Gasteiger partial charge in [0.25, 0.3) is 0 Å². The number of rotatable bonds is 3. The fourth-order valence-corrected chi connectivity index (χ4v) is 3.03. The molecule has 1 aromatic heterocycles. The van der Waals surface area contributed by atoms with Crippen molar-refractivity contribution in [3.63, 3.8) is 0 Å². The fraction of sp³-hybridized carbons (Fsp3) is 0.286. The molecule has 1 nitrogen and oxygen atoms in total. The number of nitrogens with one attached hydrogen (secondary N) is 1. The van der Waals surface area contributed by atoms with Crippen molar-refractivity contribution in [2.24, 2.45) is 0 Å². The highest BCUT2D eigenvalue weighted by molar-refractivity contribution is 7.10. The lowest BCUT2D eigenvalue weighted by Gasteiger charge is -2.19. The van der Waals surface area contributed by atoms with E-state index in [9.17, 15) is 0 Å². The molecule has 0 radical (unpaired) electrons. The third-order valence-electron chi connectivity index (χ3n) is 3.12. The van der Waals surface area contributed by atoms with Gasteiger partial charge in [-0.3, -0.25) is 0 Å². The normalized spacial score (nSPS) is 12.7. The van der Waals surface area contributed by atoms with E-state index in [1.807, 2.05) is 19.2 Å². The third-order valence-corrected chi connectivity index (χ3v) is 4.39. The molecule has 1 unspecified atom stereocenters. The Labute approximate surface area is 111 Å². The van der Waals surface area contributed by atoms with Crippen LogP contribution >= 0.6 is 22.9 Å². The topological polar surface area (TPSA) is 12.0 Å². The summed E-state index contributed by atoms with van der Waals surface area (Å²) in [6.45, 7) is 4.23. The van der Waals surface area contributed by atoms with E-state index in [2.05, 4.69) is 36.7 Å². The standard InChI is InChI=1S/C14H16ClNS/c1-9-11(5-4-6-13(9)15)14(16-3)12-7-8-17-10(12)2/h4-8,14,16H,1-3H3. The Balaban J connectivity index is 2.50. The second kappa shape index (κ2) is 5.21. The van der Waals surface area contributed by atoms with Gasteiger partial charge in [0.15, 0.2) is 0 Å². The lowest BCUT2D eigenvalue weighted by molar-refractivity contribution is 0.687. The van der Waals surface area contributed by atoms with E-state index in [4.69, 9.17) is 11.6 Å². The lowest BCUT2D eigenvalue weighted by atomic mass is 9.95. The molecule has 1 atom stereocenters. The van der Waals surface area contributed by atoms with Crippen LogP contribution < -0.4 is 5.32 Å². The van der Waals surface area contributed by atoms with Gasteiger partial charge >= 0.3 is 0 Å². The Bertz CT molecular complexity index is 519. The zero-order chi connectivity index (χ0) is 12.4. The van der Waals surface area contributed by atoms with Crippen LogP contribution in [0.25, 0.3) is 0 Å². The Hall–Kier alpha value is -0.830. The molecule has 2 rings (SSSR count). The van der Waals surface area contributed by atoms with E-state index in [0.29, 0.717) is 0 Å². The van der Waals surface area contributed by atoms with Crippen molar-refractivity contribution in [2.75, 3.05) is 7.05 Å². The molecule has 0 spiro atoms. The summed E-state index contributed by atoms with van der Waals surface area (Å²) in [6, 6.07) is 8.49. The molecule has 0 saturated carbocycles. The summed E-state index contributed by atoms with van der Waals surface area (Å²) < 4.78 is 0. The summed E-state index contributed by atoms with van der Waals surface area (Å²) >= 11 is 7.97.